The number of benzene rings is 1. The molecule has 5 nitrogen and oxygen atoms in total. The molecule has 5 heteroatoms. The molecule has 0 unspecified atom stereocenters. The first-order valence-electron chi connectivity index (χ1n) is 6.82. The van der Waals surface area contributed by atoms with Crippen molar-refractivity contribution in [2.24, 2.45) is 0 Å². The topological polar surface area (TPSA) is 48.3 Å². The number of nitrogens with one attached hydrogen (secondary N) is 1. The van der Waals surface area contributed by atoms with Gasteiger partial charge in [-0.05, 0) is 26.0 Å². The minimum absolute atomic E-state index is 0.614. The Balaban J connectivity index is 2.07. The number of ether oxygens (including phenoxy) is 2. The van der Waals surface area contributed by atoms with Gasteiger partial charge < -0.3 is 19.4 Å². The molecule has 2 aromatic rings. The Labute approximate surface area is 119 Å². The van der Waals surface area contributed by atoms with Crippen molar-refractivity contribution in [3.8, 4) is 11.5 Å². The summed E-state index contributed by atoms with van der Waals surface area (Å²) in [5, 5.41) is 3.38. The van der Waals surface area contributed by atoms with Gasteiger partial charge in [-0.1, -0.05) is 0 Å². The Morgan fingerprint density at radius 3 is 2.80 bits per heavy atom. The fourth-order valence-corrected chi connectivity index (χ4v) is 2.03. The predicted octanol–water partition coefficient (Wildman–Crippen LogP) is 2.92. The maximum Gasteiger partial charge on any atom is 0.163 e. The lowest BCUT2D eigenvalue weighted by Crippen LogP contribution is -2.06. The third-order valence-corrected chi connectivity index (χ3v) is 3.08. The quantitative estimate of drug-likeness (QED) is 0.844. The Bertz CT molecular complexity index is 552. The summed E-state index contributed by atoms with van der Waals surface area (Å²) in [6.07, 6.45) is 3.72. The lowest BCUT2D eigenvalue weighted by molar-refractivity contribution is 0.311. The van der Waals surface area contributed by atoms with Gasteiger partial charge in [-0.15, -0.1) is 0 Å². The third-order valence-electron chi connectivity index (χ3n) is 3.08. The second-order valence-corrected chi connectivity index (χ2v) is 4.32. The van der Waals surface area contributed by atoms with Gasteiger partial charge in [0.2, 0.25) is 0 Å². The number of nitrogens with zero attached hydrogens (tertiary/aromatic N) is 2. The summed E-state index contributed by atoms with van der Waals surface area (Å²) in [4.78, 5) is 4.16. The molecule has 0 aliphatic carbocycles. The van der Waals surface area contributed by atoms with E-state index in [1.165, 1.54) is 0 Å². The van der Waals surface area contributed by atoms with Gasteiger partial charge in [-0.2, -0.15) is 0 Å². The third kappa shape index (κ3) is 3.23. The molecule has 1 aromatic carbocycles. The van der Waals surface area contributed by atoms with E-state index in [0.29, 0.717) is 6.61 Å². The van der Waals surface area contributed by atoms with Crippen molar-refractivity contribution in [3.05, 3.63) is 36.4 Å². The Morgan fingerprint density at radius 2 is 2.10 bits per heavy atom. The van der Waals surface area contributed by atoms with E-state index in [4.69, 9.17) is 9.47 Å². The number of anilines is 1. The molecule has 0 saturated carbocycles. The van der Waals surface area contributed by atoms with Gasteiger partial charge >= 0.3 is 0 Å². The molecule has 1 N–H and O–H groups in total. The van der Waals surface area contributed by atoms with E-state index in [2.05, 4.69) is 21.8 Å². The van der Waals surface area contributed by atoms with Crippen molar-refractivity contribution >= 4 is 5.69 Å². The first-order chi connectivity index (χ1) is 9.78. The predicted molar refractivity (Wildman–Crippen MR) is 79.4 cm³/mol. The highest BCUT2D eigenvalue weighted by Gasteiger charge is 2.06. The maximum atomic E-state index is 5.57. The Kier molecular flexibility index (Phi) is 4.87. The number of aryl methyl sites for hydroxylation is 1. The first-order valence-corrected chi connectivity index (χ1v) is 6.82. The van der Waals surface area contributed by atoms with Crippen LogP contribution in [-0.2, 0) is 13.1 Å². The van der Waals surface area contributed by atoms with Gasteiger partial charge in [-0.25, -0.2) is 4.98 Å². The molecule has 0 atom stereocenters. The molecule has 0 bridgehead atoms. The van der Waals surface area contributed by atoms with Crippen LogP contribution in [0.1, 0.15) is 19.5 Å². The van der Waals surface area contributed by atoms with E-state index in [-0.39, 0.29) is 0 Å². The second-order valence-electron chi connectivity index (χ2n) is 4.32. The lowest BCUT2D eigenvalue weighted by atomic mass is 10.2. The Hall–Kier alpha value is -2.17. The smallest absolute Gasteiger partial charge is 0.163 e. The van der Waals surface area contributed by atoms with Crippen LogP contribution in [0.4, 0.5) is 5.69 Å². The molecule has 0 fully saturated rings. The van der Waals surface area contributed by atoms with Crippen LogP contribution < -0.4 is 14.8 Å². The normalized spacial score (nSPS) is 10.3. The van der Waals surface area contributed by atoms with Gasteiger partial charge in [0.25, 0.3) is 0 Å². The average Bonchev–Trinajstić information content (AvgIpc) is 2.93. The van der Waals surface area contributed by atoms with Crippen molar-refractivity contribution in [1.82, 2.24) is 9.55 Å². The van der Waals surface area contributed by atoms with Crippen LogP contribution in [0.15, 0.2) is 30.7 Å². The molecule has 1 aromatic heterocycles. The minimum Gasteiger partial charge on any atom is -0.493 e. The molecule has 2 rings (SSSR count). The van der Waals surface area contributed by atoms with Crippen LogP contribution in [0.25, 0.3) is 0 Å². The van der Waals surface area contributed by atoms with E-state index in [9.17, 15) is 0 Å². The van der Waals surface area contributed by atoms with Crippen molar-refractivity contribution in [2.75, 3.05) is 19.0 Å². The monoisotopic (exact) mass is 275 g/mol. The van der Waals surface area contributed by atoms with Crippen LogP contribution >= 0.6 is 0 Å². The molecule has 108 valence electrons. The van der Waals surface area contributed by atoms with Gasteiger partial charge in [-0.3, -0.25) is 0 Å². The second kappa shape index (κ2) is 6.84. The minimum atomic E-state index is 0.614. The molecule has 20 heavy (non-hydrogen) atoms. The summed E-state index contributed by atoms with van der Waals surface area (Å²) in [6.45, 7) is 6.32. The first kappa shape index (κ1) is 14.2. The molecular formula is C15H21N3O2. The largest absolute Gasteiger partial charge is 0.493 e. The average molecular weight is 275 g/mol. The van der Waals surface area contributed by atoms with Crippen LogP contribution in [0.5, 0.6) is 11.5 Å². The molecular weight excluding hydrogens is 254 g/mol. The fourth-order valence-electron chi connectivity index (χ4n) is 2.03. The molecule has 0 aliphatic heterocycles. The van der Waals surface area contributed by atoms with Gasteiger partial charge in [0.1, 0.15) is 0 Å². The molecule has 0 spiro atoms. The van der Waals surface area contributed by atoms with Crippen LogP contribution in [0.2, 0.25) is 0 Å². The summed E-state index contributed by atoms with van der Waals surface area (Å²) < 4.78 is 13.0. The number of aromatic nitrogens is 2. The zero-order chi connectivity index (χ0) is 14.4. The molecule has 1 heterocycles. The van der Waals surface area contributed by atoms with E-state index in [1.807, 2.05) is 37.6 Å². The number of imidazole rings is 1. The zero-order valence-electron chi connectivity index (χ0n) is 12.2. The summed E-state index contributed by atoms with van der Waals surface area (Å²) in [5.74, 6) is 1.50. The zero-order valence-corrected chi connectivity index (χ0v) is 12.2. The summed E-state index contributed by atoms with van der Waals surface area (Å²) in [6, 6.07) is 5.84. The van der Waals surface area contributed by atoms with Crippen molar-refractivity contribution in [3.63, 3.8) is 0 Å². The number of hydrogen-bond donors (Lipinski definition) is 1. The highest BCUT2D eigenvalue weighted by molar-refractivity contribution is 5.54. The van der Waals surface area contributed by atoms with Crippen molar-refractivity contribution < 1.29 is 9.47 Å². The summed E-state index contributed by atoms with van der Waals surface area (Å²) >= 11 is 0. The van der Waals surface area contributed by atoms with Crippen molar-refractivity contribution in [1.29, 1.82) is 0 Å². The van der Waals surface area contributed by atoms with E-state index >= 15 is 0 Å². The number of hydrogen-bond acceptors (Lipinski definition) is 4. The molecule has 0 saturated heterocycles. The van der Waals surface area contributed by atoms with Crippen LogP contribution in [-0.4, -0.2) is 23.3 Å². The SMILES string of the molecule is CCOc1cc(NCc2cncn2CC)ccc1OC. The highest BCUT2D eigenvalue weighted by atomic mass is 16.5. The van der Waals surface area contributed by atoms with E-state index in [0.717, 1.165) is 36.0 Å². The van der Waals surface area contributed by atoms with Gasteiger partial charge in [0, 0.05) is 24.5 Å². The Morgan fingerprint density at radius 1 is 1.25 bits per heavy atom. The van der Waals surface area contributed by atoms with Crippen LogP contribution in [0.3, 0.4) is 0 Å². The van der Waals surface area contributed by atoms with Crippen molar-refractivity contribution in [2.45, 2.75) is 26.9 Å². The fraction of sp³-hybridized carbons (Fsp3) is 0.400. The maximum absolute atomic E-state index is 5.57. The highest BCUT2D eigenvalue weighted by Crippen LogP contribution is 2.30. The van der Waals surface area contributed by atoms with Crippen LogP contribution in [0, 0.1) is 0 Å². The number of rotatable bonds is 7. The summed E-state index contributed by atoms with van der Waals surface area (Å²) in [5.41, 5.74) is 2.15. The van der Waals surface area contributed by atoms with E-state index in [1.54, 1.807) is 7.11 Å². The number of methoxy groups -OCH3 is 1. The lowest BCUT2D eigenvalue weighted by Gasteiger charge is -2.13. The van der Waals surface area contributed by atoms with Gasteiger partial charge in [0.05, 0.1) is 32.3 Å². The standard InChI is InChI=1S/C15H21N3O2/c1-4-18-11-16-9-13(18)10-17-12-6-7-14(19-3)15(8-12)20-5-2/h6-9,11,17H,4-5,10H2,1-3H3. The molecule has 0 amide bonds. The van der Waals surface area contributed by atoms with Gasteiger partial charge in [0.15, 0.2) is 11.5 Å². The summed E-state index contributed by atoms with van der Waals surface area (Å²) in [7, 11) is 1.64. The van der Waals surface area contributed by atoms with E-state index < -0.39 is 0 Å². The molecule has 0 aliphatic rings. The molecule has 0 radical (unpaired) electrons.